The van der Waals surface area contributed by atoms with Gasteiger partial charge in [-0.15, -0.1) is 0 Å². The quantitative estimate of drug-likeness (QED) is 0.537. The van der Waals surface area contributed by atoms with Crippen molar-refractivity contribution < 1.29 is 17.6 Å². The predicted molar refractivity (Wildman–Crippen MR) is 95.8 cm³/mol. The summed E-state index contributed by atoms with van der Waals surface area (Å²) in [5, 5.41) is 0. The van der Waals surface area contributed by atoms with Crippen molar-refractivity contribution in [1.29, 1.82) is 0 Å². The van der Waals surface area contributed by atoms with Gasteiger partial charge in [-0.25, -0.2) is 8.42 Å². The normalized spacial score (nSPS) is 11.5. The first-order chi connectivity index (χ1) is 12.0. The number of anilines is 1. The fourth-order valence-corrected chi connectivity index (χ4v) is 3.26. The Bertz CT molecular complexity index is 991. The molecule has 1 heterocycles. The number of ketones is 1. The first kappa shape index (κ1) is 16.7. The molecule has 0 fully saturated rings. The van der Waals surface area contributed by atoms with E-state index in [0.717, 1.165) is 0 Å². The van der Waals surface area contributed by atoms with Crippen molar-refractivity contribution in [2.45, 2.75) is 4.90 Å². The van der Waals surface area contributed by atoms with Crippen molar-refractivity contribution >= 4 is 27.6 Å². The van der Waals surface area contributed by atoms with Gasteiger partial charge >= 0.3 is 0 Å². The zero-order valence-corrected chi connectivity index (χ0v) is 13.9. The highest BCUT2D eigenvalue weighted by Crippen LogP contribution is 2.18. The van der Waals surface area contributed by atoms with E-state index in [1.807, 2.05) is 0 Å². The molecule has 0 aliphatic carbocycles. The smallest absolute Gasteiger partial charge is 0.261 e. The Balaban J connectivity index is 1.79. The number of carbonyl (C=O) groups is 1. The van der Waals surface area contributed by atoms with Crippen LogP contribution >= 0.6 is 0 Å². The summed E-state index contributed by atoms with van der Waals surface area (Å²) < 4.78 is 32.3. The Kier molecular flexibility index (Phi) is 4.81. The number of rotatable bonds is 6. The lowest BCUT2D eigenvalue weighted by Gasteiger charge is -2.08. The molecule has 5 nitrogen and oxygen atoms in total. The molecular weight excluding hydrogens is 338 g/mol. The van der Waals surface area contributed by atoms with Crippen molar-refractivity contribution in [1.82, 2.24) is 0 Å². The van der Waals surface area contributed by atoms with Crippen LogP contribution in [-0.2, 0) is 10.0 Å². The van der Waals surface area contributed by atoms with Gasteiger partial charge in [0, 0.05) is 11.3 Å². The van der Waals surface area contributed by atoms with Gasteiger partial charge in [-0.2, -0.15) is 0 Å². The van der Waals surface area contributed by atoms with E-state index in [4.69, 9.17) is 4.42 Å². The minimum Gasteiger partial charge on any atom is -0.465 e. The number of nitrogens with one attached hydrogen (secondary N) is 1. The summed E-state index contributed by atoms with van der Waals surface area (Å²) in [7, 11) is -3.70. The SMILES string of the molecule is O=C(C=Cc1ccco1)c1cccc(NS(=O)(=O)c2ccccc2)c1. The monoisotopic (exact) mass is 353 g/mol. The number of sulfonamides is 1. The number of hydrogen-bond donors (Lipinski definition) is 1. The van der Waals surface area contributed by atoms with Crippen molar-refractivity contribution in [3.8, 4) is 0 Å². The maximum absolute atomic E-state index is 12.3. The van der Waals surface area contributed by atoms with Gasteiger partial charge in [0.25, 0.3) is 10.0 Å². The van der Waals surface area contributed by atoms with Crippen molar-refractivity contribution in [2.24, 2.45) is 0 Å². The fraction of sp³-hybridized carbons (Fsp3) is 0. The van der Waals surface area contributed by atoms with Gasteiger partial charge < -0.3 is 4.42 Å². The highest BCUT2D eigenvalue weighted by molar-refractivity contribution is 7.92. The van der Waals surface area contributed by atoms with Gasteiger partial charge in [-0.1, -0.05) is 30.3 Å². The van der Waals surface area contributed by atoms with E-state index in [1.165, 1.54) is 30.5 Å². The molecule has 0 aliphatic heterocycles. The van der Waals surface area contributed by atoms with Crippen LogP contribution in [0.1, 0.15) is 16.1 Å². The van der Waals surface area contributed by atoms with Crippen molar-refractivity contribution in [3.05, 3.63) is 90.4 Å². The molecule has 0 bridgehead atoms. The second kappa shape index (κ2) is 7.19. The molecule has 25 heavy (non-hydrogen) atoms. The molecule has 2 aromatic carbocycles. The van der Waals surface area contributed by atoms with Gasteiger partial charge in [0.1, 0.15) is 5.76 Å². The van der Waals surface area contributed by atoms with Gasteiger partial charge in [-0.3, -0.25) is 9.52 Å². The molecule has 3 aromatic rings. The van der Waals surface area contributed by atoms with Crippen molar-refractivity contribution in [3.63, 3.8) is 0 Å². The van der Waals surface area contributed by atoms with E-state index in [0.29, 0.717) is 17.0 Å². The molecule has 3 rings (SSSR count). The molecule has 1 N–H and O–H groups in total. The van der Waals surface area contributed by atoms with Crippen LogP contribution in [0.4, 0.5) is 5.69 Å². The lowest BCUT2D eigenvalue weighted by Crippen LogP contribution is -2.13. The summed E-state index contributed by atoms with van der Waals surface area (Å²) in [5.41, 5.74) is 0.692. The van der Waals surface area contributed by atoms with Crippen LogP contribution in [-0.4, -0.2) is 14.2 Å². The van der Waals surface area contributed by atoms with E-state index in [2.05, 4.69) is 4.72 Å². The second-order valence-electron chi connectivity index (χ2n) is 5.21. The summed E-state index contributed by atoms with van der Waals surface area (Å²) in [6.07, 6.45) is 4.45. The van der Waals surface area contributed by atoms with Crippen LogP contribution in [0.15, 0.2) is 88.4 Å². The third kappa shape index (κ3) is 4.24. The minimum absolute atomic E-state index is 0.157. The van der Waals surface area contributed by atoms with E-state index in [9.17, 15) is 13.2 Å². The average molecular weight is 353 g/mol. The van der Waals surface area contributed by atoms with Crippen LogP contribution in [0.3, 0.4) is 0 Å². The summed E-state index contributed by atoms with van der Waals surface area (Å²) in [6, 6.07) is 17.8. The molecule has 0 saturated heterocycles. The predicted octanol–water partition coefficient (Wildman–Crippen LogP) is 3.98. The number of hydrogen-bond acceptors (Lipinski definition) is 4. The molecule has 0 spiro atoms. The van der Waals surface area contributed by atoms with Crippen LogP contribution in [0.25, 0.3) is 6.08 Å². The van der Waals surface area contributed by atoms with Crippen LogP contribution in [0, 0.1) is 0 Å². The van der Waals surface area contributed by atoms with E-state index in [-0.39, 0.29) is 10.7 Å². The fourth-order valence-electron chi connectivity index (χ4n) is 2.19. The van der Waals surface area contributed by atoms with Gasteiger partial charge in [0.15, 0.2) is 5.78 Å². The summed E-state index contributed by atoms with van der Waals surface area (Å²) in [4.78, 5) is 12.4. The molecule has 0 aliphatic rings. The second-order valence-corrected chi connectivity index (χ2v) is 6.89. The molecular formula is C19H15NO4S. The summed E-state index contributed by atoms with van der Waals surface area (Å²) in [6.45, 7) is 0. The Hall–Kier alpha value is -3.12. The van der Waals surface area contributed by atoms with Gasteiger partial charge in [0.05, 0.1) is 11.2 Å². The zero-order valence-electron chi connectivity index (χ0n) is 13.1. The highest BCUT2D eigenvalue weighted by Gasteiger charge is 2.14. The molecule has 126 valence electrons. The number of allylic oxidation sites excluding steroid dienone is 1. The topological polar surface area (TPSA) is 76.4 Å². The number of benzene rings is 2. The Labute approximate surface area is 145 Å². The Morgan fingerprint density at radius 1 is 0.960 bits per heavy atom. The minimum atomic E-state index is -3.70. The van der Waals surface area contributed by atoms with Crippen molar-refractivity contribution in [2.75, 3.05) is 4.72 Å². The highest BCUT2D eigenvalue weighted by atomic mass is 32.2. The number of carbonyl (C=O) groups excluding carboxylic acids is 1. The molecule has 0 saturated carbocycles. The Morgan fingerprint density at radius 2 is 1.76 bits per heavy atom. The molecule has 0 atom stereocenters. The average Bonchev–Trinajstić information content (AvgIpc) is 3.14. The van der Waals surface area contributed by atoms with Crippen LogP contribution in [0.2, 0.25) is 0 Å². The Morgan fingerprint density at radius 3 is 2.48 bits per heavy atom. The van der Waals surface area contributed by atoms with E-state index in [1.54, 1.807) is 54.6 Å². The molecule has 1 aromatic heterocycles. The van der Waals surface area contributed by atoms with E-state index < -0.39 is 10.0 Å². The lowest BCUT2D eigenvalue weighted by atomic mass is 10.1. The largest absolute Gasteiger partial charge is 0.465 e. The van der Waals surface area contributed by atoms with Crippen LogP contribution < -0.4 is 4.72 Å². The standard InChI is InChI=1S/C19H15NO4S/c21-19(12-11-17-8-5-13-24-17)15-6-4-7-16(14-15)20-25(22,23)18-9-2-1-3-10-18/h1-14,20H. The first-order valence-corrected chi connectivity index (χ1v) is 8.97. The third-order valence-corrected chi connectivity index (χ3v) is 4.79. The molecule has 0 unspecified atom stereocenters. The summed E-state index contributed by atoms with van der Waals surface area (Å²) in [5.74, 6) is 0.312. The molecule has 0 amide bonds. The summed E-state index contributed by atoms with van der Waals surface area (Å²) >= 11 is 0. The maximum Gasteiger partial charge on any atom is 0.261 e. The third-order valence-electron chi connectivity index (χ3n) is 3.39. The molecule has 0 radical (unpaired) electrons. The van der Waals surface area contributed by atoms with Gasteiger partial charge in [-0.05, 0) is 48.6 Å². The first-order valence-electron chi connectivity index (χ1n) is 7.48. The van der Waals surface area contributed by atoms with Crippen LogP contribution in [0.5, 0.6) is 0 Å². The number of furan rings is 1. The van der Waals surface area contributed by atoms with E-state index >= 15 is 0 Å². The molecule has 6 heteroatoms. The lowest BCUT2D eigenvalue weighted by molar-refractivity contribution is 0.104. The van der Waals surface area contributed by atoms with Gasteiger partial charge in [0.2, 0.25) is 0 Å². The zero-order chi connectivity index (χ0) is 17.7. The maximum atomic E-state index is 12.3.